The molecule has 0 radical (unpaired) electrons. The second-order valence-electron chi connectivity index (χ2n) is 2.77. The number of nitrogens with two attached hydrogens (primary N) is 1. The molecule has 1 aromatic rings. The Morgan fingerprint density at radius 3 is 2.53 bits per heavy atom. The first-order valence-electron chi connectivity index (χ1n) is 3.74. The van der Waals surface area contributed by atoms with E-state index in [2.05, 4.69) is 0 Å². The summed E-state index contributed by atoms with van der Waals surface area (Å²) in [5.74, 6) is -4.37. The van der Waals surface area contributed by atoms with E-state index < -0.39 is 39.9 Å². The van der Waals surface area contributed by atoms with E-state index in [1.807, 2.05) is 0 Å². The molecular formula is C8H7ClFNO4. The Morgan fingerprint density at radius 1 is 1.53 bits per heavy atom. The smallest absolute Gasteiger partial charge is 0.325 e. The summed E-state index contributed by atoms with van der Waals surface area (Å²) >= 11 is 5.35. The molecule has 7 heteroatoms. The third kappa shape index (κ3) is 1.95. The van der Waals surface area contributed by atoms with E-state index in [9.17, 15) is 14.3 Å². The van der Waals surface area contributed by atoms with Crippen LogP contribution in [0.2, 0.25) is 5.02 Å². The Bertz CT molecular complexity index is 397. The number of carboxylic acids is 1. The molecule has 82 valence electrons. The number of carboxylic acid groups (broad SMARTS) is 1. The van der Waals surface area contributed by atoms with Gasteiger partial charge >= 0.3 is 5.97 Å². The van der Waals surface area contributed by atoms with E-state index in [1.165, 1.54) is 0 Å². The summed E-state index contributed by atoms with van der Waals surface area (Å²) in [6.07, 6.45) is 0. The average Bonchev–Trinajstić information content (AvgIpc) is 2.15. The summed E-state index contributed by atoms with van der Waals surface area (Å²) < 4.78 is 13.3. The molecule has 0 aromatic heterocycles. The van der Waals surface area contributed by atoms with Crippen LogP contribution in [0.3, 0.4) is 0 Å². The number of aliphatic carboxylic acids is 1. The molecule has 0 aliphatic heterocycles. The molecule has 0 saturated carbocycles. The van der Waals surface area contributed by atoms with Gasteiger partial charge in [-0.15, -0.1) is 0 Å². The molecule has 15 heavy (non-hydrogen) atoms. The highest BCUT2D eigenvalue weighted by Crippen LogP contribution is 2.38. The van der Waals surface area contributed by atoms with E-state index in [0.717, 1.165) is 6.07 Å². The number of hydrogen-bond donors (Lipinski definition) is 4. The molecule has 0 aliphatic rings. The number of carbonyl (C=O) groups is 1. The summed E-state index contributed by atoms with van der Waals surface area (Å²) in [4.78, 5) is 10.5. The van der Waals surface area contributed by atoms with Gasteiger partial charge in [0, 0.05) is 6.07 Å². The van der Waals surface area contributed by atoms with Crippen molar-refractivity contribution in [3.8, 4) is 11.5 Å². The second-order valence-corrected chi connectivity index (χ2v) is 3.18. The first-order valence-corrected chi connectivity index (χ1v) is 4.12. The molecule has 1 aromatic carbocycles. The van der Waals surface area contributed by atoms with Crippen molar-refractivity contribution in [2.24, 2.45) is 5.73 Å². The predicted molar refractivity (Wildman–Crippen MR) is 49.3 cm³/mol. The van der Waals surface area contributed by atoms with Gasteiger partial charge in [0.15, 0.2) is 17.3 Å². The maximum Gasteiger partial charge on any atom is 0.325 e. The molecule has 0 spiro atoms. The van der Waals surface area contributed by atoms with Crippen LogP contribution in [-0.2, 0) is 4.79 Å². The van der Waals surface area contributed by atoms with Crippen LogP contribution in [0.1, 0.15) is 11.6 Å². The van der Waals surface area contributed by atoms with Crippen LogP contribution in [0, 0.1) is 5.82 Å². The first-order chi connectivity index (χ1) is 6.86. The van der Waals surface area contributed by atoms with Crippen molar-refractivity contribution in [2.45, 2.75) is 6.04 Å². The molecule has 0 heterocycles. The minimum absolute atomic E-state index is 0.517. The lowest BCUT2D eigenvalue weighted by Gasteiger charge is -2.12. The van der Waals surface area contributed by atoms with E-state index in [4.69, 9.17) is 27.5 Å². The fourth-order valence-electron chi connectivity index (χ4n) is 1.03. The van der Waals surface area contributed by atoms with Gasteiger partial charge in [-0.3, -0.25) is 4.79 Å². The number of benzene rings is 1. The fraction of sp³-hybridized carbons (Fsp3) is 0.125. The van der Waals surface area contributed by atoms with Gasteiger partial charge in [0.25, 0.3) is 0 Å². The van der Waals surface area contributed by atoms with E-state index >= 15 is 0 Å². The number of aromatic hydroxyl groups is 2. The number of phenolic OH excluding ortho intramolecular Hbond substituents is 2. The maximum atomic E-state index is 13.3. The van der Waals surface area contributed by atoms with Gasteiger partial charge in [0.1, 0.15) is 6.04 Å². The summed E-state index contributed by atoms with van der Waals surface area (Å²) in [5, 5.41) is 26.3. The number of halogens is 2. The van der Waals surface area contributed by atoms with Gasteiger partial charge in [-0.1, -0.05) is 11.6 Å². The van der Waals surface area contributed by atoms with Crippen LogP contribution in [0.15, 0.2) is 6.07 Å². The molecule has 1 unspecified atom stereocenters. The highest BCUT2D eigenvalue weighted by molar-refractivity contribution is 6.31. The molecule has 0 aliphatic carbocycles. The number of hydrogen-bond acceptors (Lipinski definition) is 4. The Labute approximate surface area is 88.5 Å². The zero-order valence-corrected chi connectivity index (χ0v) is 7.99. The molecular weight excluding hydrogens is 229 g/mol. The zero-order valence-electron chi connectivity index (χ0n) is 7.24. The van der Waals surface area contributed by atoms with Gasteiger partial charge in [0.2, 0.25) is 0 Å². The van der Waals surface area contributed by atoms with Crippen LogP contribution in [-0.4, -0.2) is 21.3 Å². The first kappa shape index (κ1) is 11.5. The van der Waals surface area contributed by atoms with Crippen molar-refractivity contribution in [3.05, 3.63) is 22.5 Å². The van der Waals surface area contributed by atoms with E-state index in [1.54, 1.807) is 0 Å². The number of rotatable bonds is 2. The largest absolute Gasteiger partial charge is 0.504 e. The minimum atomic E-state index is -1.80. The van der Waals surface area contributed by atoms with Crippen LogP contribution in [0.4, 0.5) is 4.39 Å². The van der Waals surface area contributed by atoms with Crippen molar-refractivity contribution in [3.63, 3.8) is 0 Å². The third-order valence-electron chi connectivity index (χ3n) is 1.78. The van der Waals surface area contributed by atoms with Crippen LogP contribution in [0.25, 0.3) is 0 Å². The highest BCUT2D eigenvalue weighted by Gasteiger charge is 2.26. The summed E-state index contributed by atoms with van der Waals surface area (Å²) in [5.41, 5.74) is 4.36. The maximum absolute atomic E-state index is 13.3. The van der Waals surface area contributed by atoms with E-state index in [0.29, 0.717) is 0 Å². The Morgan fingerprint density at radius 2 is 2.07 bits per heavy atom. The molecule has 0 bridgehead atoms. The van der Waals surface area contributed by atoms with E-state index in [-0.39, 0.29) is 0 Å². The molecule has 0 amide bonds. The SMILES string of the molecule is NC(C(=O)O)c1c(O)c(O)cc(Cl)c1F. The molecule has 5 nitrogen and oxygen atoms in total. The lowest BCUT2D eigenvalue weighted by atomic mass is 10.1. The summed E-state index contributed by atoms with van der Waals surface area (Å²) in [6, 6.07) is -1.04. The predicted octanol–water partition coefficient (Wildman–Crippen LogP) is 0.975. The third-order valence-corrected chi connectivity index (χ3v) is 2.06. The summed E-state index contributed by atoms with van der Waals surface area (Å²) in [7, 11) is 0. The average molecular weight is 236 g/mol. The Kier molecular flexibility index (Phi) is 3.01. The van der Waals surface area contributed by atoms with Gasteiger partial charge in [-0.05, 0) is 0 Å². The van der Waals surface area contributed by atoms with Gasteiger partial charge in [0.05, 0.1) is 10.6 Å². The minimum Gasteiger partial charge on any atom is -0.504 e. The van der Waals surface area contributed by atoms with Gasteiger partial charge < -0.3 is 21.1 Å². The summed E-state index contributed by atoms with van der Waals surface area (Å²) in [6.45, 7) is 0. The molecule has 1 atom stereocenters. The van der Waals surface area contributed by atoms with Gasteiger partial charge in [-0.25, -0.2) is 4.39 Å². The Hall–Kier alpha value is -1.53. The molecule has 1 rings (SSSR count). The van der Waals surface area contributed by atoms with Crippen LogP contribution >= 0.6 is 11.6 Å². The zero-order chi connectivity index (χ0) is 11.7. The highest BCUT2D eigenvalue weighted by atomic mass is 35.5. The topological polar surface area (TPSA) is 104 Å². The van der Waals surface area contributed by atoms with Crippen molar-refractivity contribution >= 4 is 17.6 Å². The number of phenols is 2. The molecule has 0 saturated heterocycles. The molecule has 0 fully saturated rings. The molecule has 5 N–H and O–H groups in total. The normalized spacial score (nSPS) is 12.5. The fourth-order valence-corrected chi connectivity index (χ4v) is 1.23. The van der Waals surface area contributed by atoms with Crippen molar-refractivity contribution in [1.29, 1.82) is 0 Å². The van der Waals surface area contributed by atoms with Gasteiger partial charge in [-0.2, -0.15) is 0 Å². The van der Waals surface area contributed by atoms with Crippen molar-refractivity contribution in [2.75, 3.05) is 0 Å². The monoisotopic (exact) mass is 235 g/mol. The van der Waals surface area contributed by atoms with Crippen LogP contribution in [0.5, 0.6) is 11.5 Å². The quantitative estimate of drug-likeness (QED) is 0.572. The lowest BCUT2D eigenvalue weighted by molar-refractivity contribution is -0.138. The van der Waals surface area contributed by atoms with Crippen LogP contribution < -0.4 is 5.73 Å². The van der Waals surface area contributed by atoms with Crippen molar-refractivity contribution < 1.29 is 24.5 Å². The van der Waals surface area contributed by atoms with Crippen molar-refractivity contribution in [1.82, 2.24) is 0 Å². The Balaban J connectivity index is 3.45. The second kappa shape index (κ2) is 3.92. The lowest BCUT2D eigenvalue weighted by Crippen LogP contribution is -2.22. The standard InChI is InChI=1S/C8H7ClFNO4/c9-2-1-3(12)7(13)4(5(2)10)6(11)8(14)15/h1,6,12-13H,11H2,(H,14,15).